The van der Waals surface area contributed by atoms with Crippen LogP contribution in [0, 0.1) is 0 Å². The molecule has 1 aliphatic heterocycles. The largest absolute Gasteiger partial charge is 0.393 e. The maximum absolute atomic E-state index is 12.0. The molecule has 106 valence electrons. The summed E-state index contributed by atoms with van der Waals surface area (Å²) in [5.41, 5.74) is 4.87. The Morgan fingerprint density at radius 3 is 2.89 bits per heavy atom. The Bertz CT molecular complexity index is 529. The van der Waals surface area contributed by atoms with Crippen LogP contribution in [0.4, 0.5) is 5.69 Å². The number of morpholine rings is 1. The Morgan fingerprint density at radius 2 is 2.21 bits per heavy atom. The third-order valence-electron chi connectivity index (χ3n) is 3.41. The van der Waals surface area contributed by atoms with Gasteiger partial charge in [-0.05, 0) is 6.54 Å². The Hall–Kier alpha value is -1.60. The van der Waals surface area contributed by atoms with Gasteiger partial charge in [0.15, 0.2) is 0 Å². The van der Waals surface area contributed by atoms with Crippen molar-refractivity contribution in [2.24, 2.45) is 7.05 Å². The Kier molecular flexibility index (Phi) is 4.06. The molecule has 7 heteroatoms. The topological polar surface area (TPSA) is 82.5 Å². The van der Waals surface area contributed by atoms with Crippen LogP contribution in [0.1, 0.15) is 6.92 Å². The second-order valence-corrected chi connectivity index (χ2v) is 4.78. The highest BCUT2D eigenvalue weighted by atomic mass is 16.5. The predicted octanol–water partition coefficient (Wildman–Crippen LogP) is -1.15. The van der Waals surface area contributed by atoms with E-state index in [0.29, 0.717) is 6.61 Å². The molecule has 0 radical (unpaired) electrons. The second-order valence-electron chi connectivity index (χ2n) is 4.78. The number of rotatable bonds is 3. The van der Waals surface area contributed by atoms with Crippen molar-refractivity contribution in [3.05, 3.63) is 27.0 Å². The van der Waals surface area contributed by atoms with Crippen LogP contribution in [-0.4, -0.2) is 46.4 Å². The van der Waals surface area contributed by atoms with E-state index in [1.54, 1.807) is 7.05 Å². The Morgan fingerprint density at radius 1 is 1.47 bits per heavy atom. The predicted molar refractivity (Wildman–Crippen MR) is 72.2 cm³/mol. The number of nitrogen functional groups attached to an aromatic ring is 1. The van der Waals surface area contributed by atoms with Crippen LogP contribution >= 0.6 is 0 Å². The van der Waals surface area contributed by atoms with Crippen molar-refractivity contribution in [2.45, 2.75) is 19.6 Å². The van der Waals surface area contributed by atoms with E-state index < -0.39 is 5.56 Å². The van der Waals surface area contributed by atoms with Crippen LogP contribution in [0.3, 0.4) is 0 Å². The van der Waals surface area contributed by atoms with Gasteiger partial charge in [-0.2, -0.15) is 0 Å². The number of aromatic nitrogens is 2. The van der Waals surface area contributed by atoms with Gasteiger partial charge in [0.25, 0.3) is 5.56 Å². The smallest absolute Gasteiger partial charge is 0.330 e. The van der Waals surface area contributed by atoms with Crippen molar-refractivity contribution >= 4 is 5.69 Å². The fraction of sp³-hybridized carbons (Fsp3) is 0.667. The summed E-state index contributed by atoms with van der Waals surface area (Å²) in [5, 5.41) is 0. The number of hydrogen-bond acceptors (Lipinski definition) is 5. The molecule has 2 rings (SSSR count). The third-order valence-corrected chi connectivity index (χ3v) is 3.41. The second kappa shape index (κ2) is 5.58. The average Bonchev–Trinajstić information content (AvgIpc) is 2.41. The number of nitrogens with zero attached hydrogens (tertiary/aromatic N) is 3. The summed E-state index contributed by atoms with van der Waals surface area (Å²) >= 11 is 0. The number of nitrogens with two attached hydrogens (primary N) is 1. The normalized spacial score (nSPS) is 20.6. The number of ether oxygens (including phenoxy) is 1. The lowest BCUT2D eigenvalue weighted by molar-refractivity contribution is -0.0353. The molecule has 0 saturated carbocycles. The summed E-state index contributed by atoms with van der Waals surface area (Å²) in [5.74, 6) is 0. The molecule has 0 spiro atoms. The van der Waals surface area contributed by atoms with Crippen molar-refractivity contribution in [1.29, 1.82) is 0 Å². The molecule has 0 aliphatic carbocycles. The lowest BCUT2D eigenvalue weighted by atomic mass is 10.2. The van der Waals surface area contributed by atoms with E-state index in [4.69, 9.17) is 10.5 Å². The summed E-state index contributed by atoms with van der Waals surface area (Å²) < 4.78 is 8.08. The lowest BCUT2D eigenvalue weighted by Crippen LogP contribution is -2.48. The molecule has 7 nitrogen and oxygen atoms in total. The molecule has 0 bridgehead atoms. The fourth-order valence-corrected chi connectivity index (χ4v) is 2.29. The van der Waals surface area contributed by atoms with Crippen LogP contribution < -0.4 is 17.0 Å². The van der Waals surface area contributed by atoms with Gasteiger partial charge in [-0.1, -0.05) is 6.92 Å². The lowest BCUT2D eigenvalue weighted by Gasteiger charge is -2.32. The van der Waals surface area contributed by atoms with Crippen LogP contribution in [0.25, 0.3) is 0 Å². The zero-order chi connectivity index (χ0) is 14.0. The Balaban J connectivity index is 2.24. The summed E-state index contributed by atoms with van der Waals surface area (Å²) in [7, 11) is 1.58. The molecule has 19 heavy (non-hydrogen) atoms. The van der Waals surface area contributed by atoms with E-state index in [2.05, 4.69) is 11.8 Å². The van der Waals surface area contributed by atoms with Gasteiger partial charge in [0.2, 0.25) is 0 Å². The average molecular weight is 268 g/mol. The first-order valence-corrected chi connectivity index (χ1v) is 6.42. The molecular weight excluding hydrogens is 248 g/mol. The number of anilines is 1. The van der Waals surface area contributed by atoms with E-state index in [1.807, 2.05) is 0 Å². The minimum absolute atomic E-state index is 0.0743. The van der Waals surface area contributed by atoms with E-state index >= 15 is 0 Å². The van der Waals surface area contributed by atoms with E-state index in [1.165, 1.54) is 10.8 Å². The molecule has 2 heterocycles. The van der Waals surface area contributed by atoms with Gasteiger partial charge in [0.1, 0.15) is 5.69 Å². The van der Waals surface area contributed by atoms with Crippen molar-refractivity contribution < 1.29 is 4.74 Å². The molecule has 1 saturated heterocycles. The first-order chi connectivity index (χ1) is 9.02. The van der Waals surface area contributed by atoms with Crippen molar-refractivity contribution in [1.82, 2.24) is 14.0 Å². The molecule has 1 aliphatic rings. The standard InChI is InChI=1S/C12H20N4O3/c1-3-15-4-5-19-9(6-15)7-16-11(17)10(13)8-14(2)12(16)18/h8-9H,3-7,13H2,1-2H3. The number of hydrogen-bond donors (Lipinski definition) is 1. The van der Waals surface area contributed by atoms with Crippen LogP contribution in [0.15, 0.2) is 15.8 Å². The molecule has 1 fully saturated rings. The Labute approximate surface area is 111 Å². The van der Waals surface area contributed by atoms with Gasteiger partial charge in [0, 0.05) is 26.3 Å². The van der Waals surface area contributed by atoms with Gasteiger partial charge in [-0.25, -0.2) is 4.79 Å². The van der Waals surface area contributed by atoms with Crippen molar-refractivity contribution in [3.63, 3.8) is 0 Å². The SMILES string of the molecule is CCN1CCOC(Cn2c(=O)c(N)cn(C)c2=O)C1. The van der Waals surface area contributed by atoms with Gasteiger partial charge < -0.3 is 15.0 Å². The molecule has 1 atom stereocenters. The minimum Gasteiger partial charge on any atom is -0.393 e. The molecule has 1 aromatic rings. The molecule has 1 aromatic heterocycles. The van der Waals surface area contributed by atoms with Gasteiger partial charge in [0.05, 0.1) is 19.3 Å². The zero-order valence-corrected chi connectivity index (χ0v) is 11.3. The first-order valence-electron chi connectivity index (χ1n) is 6.42. The van der Waals surface area contributed by atoms with Crippen LogP contribution in [0.5, 0.6) is 0 Å². The molecular formula is C12H20N4O3. The highest BCUT2D eigenvalue weighted by Gasteiger charge is 2.21. The maximum Gasteiger partial charge on any atom is 0.330 e. The van der Waals surface area contributed by atoms with Crippen molar-refractivity contribution in [2.75, 3.05) is 32.0 Å². The number of likely N-dealkylation sites (N-methyl/N-ethyl adjacent to an activating group) is 1. The van der Waals surface area contributed by atoms with Crippen molar-refractivity contribution in [3.8, 4) is 0 Å². The van der Waals surface area contributed by atoms with Gasteiger partial charge in [-0.15, -0.1) is 0 Å². The molecule has 2 N–H and O–H groups in total. The molecule has 1 unspecified atom stereocenters. The van der Waals surface area contributed by atoms with E-state index in [-0.39, 0.29) is 24.0 Å². The highest BCUT2D eigenvalue weighted by molar-refractivity contribution is 5.30. The summed E-state index contributed by atoms with van der Waals surface area (Å²) in [6.07, 6.45) is 1.20. The first kappa shape index (κ1) is 13.8. The van der Waals surface area contributed by atoms with Gasteiger partial charge >= 0.3 is 5.69 Å². The third kappa shape index (κ3) is 2.87. The zero-order valence-electron chi connectivity index (χ0n) is 11.3. The quantitative estimate of drug-likeness (QED) is 0.748. The van der Waals surface area contributed by atoms with E-state index in [9.17, 15) is 9.59 Å². The van der Waals surface area contributed by atoms with E-state index in [0.717, 1.165) is 24.2 Å². The summed E-state index contributed by atoms with van der Waals surface area (Å²) in [6.45, 7) is 5.48. The van der Waals surface area contributed by atoms with Crippen LogP contribution in [0.2, 0.25) is 0 Å². The summed E-state index contributed by atoms with van der Waals surface area (Å²) in [6, 6.07) is 0. The maximum atomic E-state index is 12.0. The monoisotopic (exact) mass is 268 g/mol. The van der Waals surface area contributed by atoms with Gasteiger partial charge in [-0.3, -0.25) is 14.3 Å². The fourth-order valence-electron chi connectivity index (χ4n) is 2.29. The highest BCUT2D eigenvalue weighted by Crippen LogP contribution is 2.05. The minimum atomic E-state index is -0.444. The molecule has 0 aromatic carbocycles. The van der Waals surface area contributed by atoms with Crippen LogP contribution in [-0.2, 0) is 18.3 Å². The number of aryl methyl sites for hydroxylation is 1. The summed E-state index contributed by atoms with van der Waals surface area (Å²) in [4.78, 5) is 26.1. The molecule has 0 amide bonds.